The van der Waals surface area contributed by atoms with Crippen molar-refractivity contribution < 1.29 is 4.79 Å². The van der Waals surface area contributed by atoms with Crippen LogP contribution in [-0.2, 0) is 4.79 Å². The molecule has 0 bridgehead atoms. The Kier molecular flexibility index (Phi) is 3.72. The molecule has 0 aromatic rings. The fourth-order valence-corrected chi connectivity index (χ4v) is 1.80. The molecular weight excluding hydrogens is 164 g/mol. The van der Waals surface area contributed by atoms with Crippen LogP contribution >= 0.6 is 0 Å². The van der Waals surface area contributed by atoms with E-state index in [0.717, 1.165) is 6.42 Å². The second-order valence-corrected chi connectivity index (χ2v) is 4.03. The van der Waals surface area contributed by atoms with E-state index in [0.29, 0.717) is 12.0 Å². The number of nitrogens with one attached hydrogen (secondary N) is 2. The minimum absolute atomic E-state index is 0.0761. The van der Waals surface area contributed by atoms with Gasteiger partial charge < -0.3 is 10.6 Å². The third kappa shape index (κ3) is 2.69. The van der Waals surface area contributed by atoms with Crippen molar-refractivity contribution in [2.45, 2.75) is 45.2 Å². The highest BCUT2D eigenvalue weighted by molar-refractivity contribution is 5.81. The maximum Gasteiger partial charge on any atom is 0.237 e. The van der Waals surface area contributed by atoms with Gasteiger partial charge in [0.25, 0.3) is 0 Å². The van der Waals surface area contributed by atoms with Gasteiger partial charge in [0, 0.05) is 6.04 Å². The largest absolute Gasteiger partial charge is 0.352 e. The molecule has 1 rings (SSSR count). The van der Waals surface area contributed by atoms with E-state index >= 15 is 0 Å². The third-order valence-electron chi connectivity index (χ3n) is 3.02. The average molecular weight is 184 g/mol. The van der Waals surface area contributed by atoms with Gasteiger partial charge in [-0.15, -0.1) is 0 Å². The lowest BCUT2D eigenvalue weighted by Crippen LogP contribution is -2.45. The van der Waals surface area contributed by atoms with E-state index in [9.17, 15) is 4.79 Å². The molecule has 0 aromatic heterocycles. The van der Waals surface area contributed by atoms with Crippen LogP contribution in [0, 0.1) is 5.92 Å². The molecule has 1 saturated carbocycles. The molecule has 13 heavy (non-hydrogen) atoms. The topological polar surface area (TPSA) is 41.1 Å². The van der Waals surface area contributed by atoms with Crippen molar-refractivity contribution in [3.63, 3.8) is 0 Å². The van der Waals surface area contributed by atoms with Crippen molar-refractivity contribution >= 4 is 5.91 Å². The van der Waals surface area contributed by atoms with E-state index in [1.54, 1.807) is 0 Å². The lowest BCUT2D eigenvalue weighted by atomic mass is 10.1. The van der Waals surface area contributed by atoms with E-state index in [1.165, 1.54) is 12.8 Å². The zero-order valence-electron chi connectivity index (χ0n) is 8.76. The lowest BCUT2D eigenvalue weighted by Gasteiger charge is -2.19. The molecule has 3 nitrogen and oxygen atoms in total. The minimum Gasteiger partial charge on any atom is -0.352 e. The van der Waals surface area contributed by atoms with Crippen molar-refractivity contribution in [3.05, 3.63) is 0 Å². The summed E-state index contributed by atoms with van der Waals surface area (Å²) in [4.78, 5) is 11.5. The zero-order chi connectivity index (χ0) is 9.84. The lowest BCUT2D eigenvalue weighted by molar-refractivity contribution is -0.123. The Bertz CT molecular complexity index is 182. The van der Waals surface area contributed by atoms with Crippen LogP contribution in [0.2, 0.25) is 0 Å². The van der Waals surface area contributed by atoms with Crippen molar-refractivity contribution in [3.8, 4) is 0 Å². The van der Waals surface area contributed by atoms with Crippen LogP contribution in [-0.4, -0.2) is 25.0 Å². The monoisotopic (exact) mass is 184 g/mol. The quantitative estimate of drug-likeness (QED) is 0.684. The summed E-state index contributed by atoms with van der Waals surface area (Å²) >= 11 is 0. The fraction of sp³-hybridized carbons (Fsp3) is 0.900. The van der Waals surface area contributed by atoms with Crippen LogP contribution in [0.3, 0.4) is 0 Å². The van der Waals surface area contributed by atoms with Crippen LogP contribution in [0.15, 0.2) is 0 Å². The smallest absolute Gasteiger partial charge is 0.237 e. The predicted molar refractivity (Wildman–Crippen MR) is 53.5 cm³/mol. The summed E-state index contributed by atoms with van der Waals surface area (Å²) in [5, 5.41) is 6.02. The number of likely N-dealkylation sites (N-methyl/N-ethyl adjacent to an activating group) is 1. The van der Waals surface area contributed by atoms with Gasteiger partial charge in [-0.05, 0) is 32.7 Å². The normalized spacial score (nSPS) is 30.1. The maximum absolute atomic E-state index is 11.5. The minimum atomic E-state index is -0.0761. The van der Waals surface area contributed by atoms with Crippen LogP contribution in [0.5, 0.6) is 0 Å². The highest BCUT2D eigenvalue weighted by Gasteiger charge is 2.25. The molecule has 0 heterocycles. The third-order valence-corrected chi connectivity index (χ3v) is 3.02. The first-order valence-corrected chi connectivity index (χ1v) is 5.12. The molecule has 2 N–H and O–H groups in total. The van der Waals surface area contributed by atoms with Gasteiger partial charge in [-0.1, -0.05) is 13.3 Å². The molecule has 0 aromatic carbocycles. The molecule has 1 fully saturated rings. The van der Waals surface area contributed by atoms with E-state index in [2.05, 4.69) is 17.6 Å². The van der Waals surface area contributed by atoms with Gasteiger partial charge in [-0.25, -0.2) is 0 Å². The van der Waals surface area contributed by atoms with Gasteiger partial charge in [0.1, 0.15) is 0 Å². The second kappa shape index (κ2) is 4.61. The first kappa shape index (κ1) is 10.5. The summed E-state index contributed by atoms with van der Waals surface area (Å²) in [7, 11) is 1.81. The molecule has 1 amide bonds. The predicted octanol–water partition coefficient (Wildman–Crippen LogP) is 0.899. The van der Waals surface area contributed by atoms with Crippen LogP contribution < -0.4 is 10.6 Å². The number of carbonyl (C=O) groups is 1. The van der Waals surface area contributed by atoms with Gasteiger partial charge in [-0.2, -0.15) is 0 Å². The number of carbonyl (C=O) groups excluding carboxylic acids is 1. The molecule has 1 aliphatic rings. The Morgan fingerprint density at radius 1 is 1.46 bits per heavy atom. The van der Waals surface area contributed by atoms with E-state index in [-0.39, 0.29) is 11.9 Å². The molecule has 3 atom stereocenters. The highest BCUT2D eigenvalue weighted by atomic mass is 16.2. The van der Waals surface area contributed by atoms with Gasteiger partial charge in [0.2, 0.25) is 5.91 Å². The summed E-state index contributed by atoms with van der Waals surface area (Å²) in [6.45, 7) is 4.09. The van der Waals surface area contributed by atoms with Gasteiger partial charge >= 0.3 is 0 Å². The Labute approximate surface area is 80.3 Å². The zero-order valence-corrected chi connectivity index (χ0v) is 8.76. The van der Waals surface area contributed by atoms with Gasteiger partial charge in [-0.3, -0.25) is 4.79 Å². The van der Waals surface area contributed by atoms with Crippen molar-refractivity contribution in [2.75, 3.05) is 7.05 Å². The maximum atomic E-state index is 11.5. The molecule has 76 valence electrons. The summed E-state index contributed by atoms with van der Waals surface area (Å²) in [6, 6.07) is 0.330. The van der Waals surface area contributed by atoms with E-state index in [4.69, 9.17) is 0 Å². The van der Waals surface area contributed by atoms with Crippen LogP contribution in [0.25, 0.3) is 0 Å². The van der Waals surface area contributed by atoms with E-state index in [1.807, 2.05) is 14.0 Å². The molecule has 1 aliphatic carbocycles. The highest BCUT2D eigenvalue weighted by Crippen LogP contribution is 2.24. The molecular formula is C10H20N2O. The Morgan fingerprint density at radius 2 is 2.15 bits per heavy atom. The molecule has 3 unspecified atom stereocenters. The van der Waals surface area contributed by atoms with Crippen LogP contribution in [0.4, 0.5) is 0 Å². The molecule has 3 heteroatoms. The first-order valence-electron chi connectivity index (χ1n) is 5.12. The van der Waals surface area contributed by atoms with E-state index < -0.39 is 0 Å². The van der Waals surface area contributed by atoms with Gasteiger partial charge in [0.05, 0.1) is 6.04 Å². The molecule has 0 spiro atoms. The summed E-state index contributed by atoms with van der Waals surface area (Å²) in [5.41, 5.74) is 0. The number of hydrogen-bond donors (Lipinski definition) is 2. The Hall–Kier alpha value is -0.570. The number of amides is 1. The Morgan fingerprint density at radius 3 is 2.62 bits per heavy atom. The van der Waals surface area contributed by atoms with Gasteiger partial charge in [0.15, 0.2) is 0 Å². The summed E-state index contributed by atoms with van der Waals surface area (Å²) < 4.78 is 0. The molecule has 0 saturated heterocycles. The van der Waals surface area contributed by atoms with Crippen molar-refractivity contribution in [1.82, 2.24) is 10.6 Å². The first-order chi connectivity index (χ1) is 6.15. The number of rotatable bonds is 3. The SMILES string of the molecule is CNC(C)C(=O)NC1CCCC1C. The molecule has 0 radical (unpaired) electrons. The fourth-order valence-electron chi connectivity index (χ4n) is 1.80. The van der Waals surface area contributed by atoms with Crippen molar-refractivity contribution in [1.29, 1.82) is 0 Å². The second-order valence-electron chi connectivity index (χ2n) is 4.03. The van der Waals surface area contributed by atoms with Crippen LogP contribution in [0.1, 0.15) is 33.1 Å². The summed E-state index contributed by atoms with van der Waals surface area (Å²) in [5.74, 6) is 0.772. The number of hydrogen-bond acceptors (Lipinski definition) is 2. The standard InChI is InChI=1S/C10H20N2O/c1-7-5-4-6-9(7)12-10(13)8(2)11-3/h7-9,11H,4-6H2,1-3H3,(H,12,13). The average Bonchev–Trinajstić information content (AvgIpc) is 2.50. The molecule has 0 aliphatic heterocycles. The van der Waals surface area contributed by atoms with Crippen molar-refractivity contribution in [2.24, 2.45) is 5.92 Å². The summed E-state index contributed by atoms with van der Waals surface area (Å²) in [6.07, 6.45) is 3.64. The Balaban J connectivity index is 2.35.